The number of phenols is 1. The molecule has 0 heterocycles. The van der Waals surface area contributed by atoms with E-state index in [1.807, 2.05) is 0 Å². The number of anilines is 2. The van der Waals surface area contributed by atoms with E-state index in [2.05, 4.69) is 21.2 Å². The van der Waals surface area contributed by atoms with Crippen molar-refractivity contribution in [1.82, 2.24) is 5.43 Å². The molecule has 0 aliphatic carbocycles. The van der Waals surface area contributed by atoms with Gasteiger partial charge in [0.25, 0.3) is 5.91 Å². The van der Waals surface area contributed by atoms with Gasteiger partial charge in [0.1, 0.15) is 11.5 Å². The van der Waals surface area contributed by atoms with Crippen LogP contribution >= 0.6 is 11.6 Å². The third-order valence-electron chi connectivity index (χ3n) is 4.33. The zero-order valence-corrected chi connectivity index (χ0v) is 18.1. The van der Waals surface area contributed by atoms with E-state index in [-0.39, 0.29) is 22.6 Å². The molecule has 0 atom stereocenters. The van der Waals surface area contributed by atoms with Gasteiger partial charge in [0.15, 0.2) is 0 Å². The number of phenolic OH excluding ortho intramolecular Hbond substituents is 1. The highest BCUT2D eigenvalue weighted by atomic mass is 35.5. The number of methoxy groups -OCH3 is 1. The molecule has 3 aromatic carbocycles. The van der Waals surface area contributed by atoms with E-state index in [1.165, 1.54) is 31.4 Å². The average molecular weight is 467 g/mol. The van der Waals surface area contributed by atoms with Crippen LogP contribution in [0.25, 0.3) is 0 Å². The lowest BCUT2D eigenvalue weighted by molar-refractivity contribution is -0.136. The standard InChI is InChI=1S/C23H19ClN4O5/c1-33-17-10-11-20(29)14(12-17)13-25-28-23(32)22(31)27-19-5-3-2-4-18(19)21(30)26-16-8-6-15(24)7-9-16/h2-13,29H,1H3,(H,26,30)(H,27,31)(H,28,32)/b25-13+. The van der Waals surface area contributed by atoms with Crippen LogP contribution in [0.15, 0.2) is 71.8 Å². The van der Waals surface area contributed by atoms with Crippen LogP contribution in [0.2, 0.25) is 5.02 Å². The minimum absolute atomic E-state index is 0.0844. The van der Waals surface area contributed by atoms with Crippen LogP contribution in [-0.4, -0.2) is 36.2 Å². The lowest BCUT2D eigenvalue weighted by atomic mass is 10.1. The molecule has 3 aromatic rings. The minimum Gasteiger partial charge on any atom is -0.507 e. The van der Waals surface area contributed by atoms with Gasteiger partial charge in [-0.15, -0.1) is 0 Å². The fourth-order valence-corrected chi connectivity index (χ4v) is 2.80. The van der Waals surface area contributed by atoms with Crippen molar-refractivity contribution in [3.63, 3.8) is 0 Å². The number of ether oxygens (including phenoxy) is 1. The van der Waals surface area contributed by atoms with Gasteiger partial charge in [0.2, 0.25) is 0 Å². The van der Waals surface area contributed by atoms with Crippen molar-refractivity contribution in [2.24, 2.45) is 5.10 Å². The number of hydrazone groups is 1. The van der Waals surface area contributed by atoms with Gasteiger partial charge in [-0.3, -0.25) is 14.4 Å². The first-order valence-electron chi connectivity index (χ1n) is 9.54. The molecule has 0 spiro atoms. The zero-order valence-electron chi connectivity index (χ0n) is 17.3. The van der Waals surface area contributed by atoms with Crippen molar-refractivity contribution < 1.29 is 24.2 Å². The van der Waals surface area contributed by atoms with Crippen molar-refractivity contribution in [3.05, 3.63) is 82.9 Å². The predicted molar refractivity (Wildman–Crippen MR) is 125 cm³/mol. The monoisotopic (exact) mass is 466 g/mol. The molecule has 0 aliphatic rings. The predicted octanol–water partition coefficient (Wildman–Crippen LogP) is 3.40. The fourth-order valence-electron chi connectivity index (χ4n) is 2.68. The molecule has 0 fully saturated rings. The van der Waals surface area contributed by atoms with Crippen LogP contribution < -0.4 is 20.8 Å². The number of hydrogen-bond acceptors (Lipinski definition) is 6. The maximum Gasteiger partial charge on any atom is 0.329 e. The van der Waals surface area contributed by atoms with E-state index in [0.717, 1.165) is 6.21 Å². The van der Waals surface area contributed by atoms with Crippen LogP contribution in [-0.2, 0) is 9.59 Å². The summed E-state index contributed by atoms with van der Waals surface area (Å²) in [6.45, 7) is 0. The highest BCUT2D eigenvalue weighted by molar-refractivity contribution is 6.40. The molecule has 168 valence electrons. The molecule has 0 radical (unpaired) electrons. The zero-order chi connectivity index (χ0) is 23.8. The first-order valence-corrected chi connectivity index (χ1v) is 9.92. The average Bonchev–Trinajstić information content (AvgIpc) is 2.82. The molecule has 4 N–H and O–H groups in total. The Bertz CT molecular complexity index is 1210. The van der Waals surface area contributed by atoms with E-state index in [1.54, 1.807) is 42.5 Å². The topological polar surface area (TPSA) is 129 Å². The summed E-state index contributed by atoms with van der Waals surface area (Å²) in [6, 6.07) is 17.2. The van der Waals surface area contributed by atoms with Gasteiger partial charge in [0, 0.05) is 16.3 Å². The minimum atomic E-state index is -1.07. The fraction of sp³-hybridized carbons (Fsp3) is 0.0435. The lowest BCUT2D eigenvalue weighted by Crippen LogP contribution is -2.33. The molecular formula is C23H19ClN4O5. The number of halogens is 1. The number of nitrogens with one attached hydrogen (secondary N) is 3. The summed E-state index contributed by atoms with van der Waals surface area (Å²) in [5, 5.41) is 19.1. The van der Waals surface area contributed by atoms with Crippen molar-refractivity contribution in [2.75, 3.05) is 17.7 Å². The van der Waals surface area contributed by atoms with E-state index >= 15 is 0 Å². The Kier molecular flexibility index (Phi) is 7.61. The quantitative estimate of drug-likeness (QED) is 0.251. The first-order chi connectivity index (χ1) is 15.9. The number of carbonyl (C=O) groups excluding carboxylic acids is 3. The Balaban J connectivity index is 1.64. The molecule has 0 aliphatic heterocycles. The summed E-state index contributed by atoms with van der Waals surface area (Å²) in [6.07, 6.45) is 1.16. The molecule has 3 amide bonds. The van der Waals surface area contributed by atoms with Crippen LogP contribution in [0.4, 0.5) is 11.4 Å². The smallest absolute Gasteiger partial charge is 0.329 e. The van der Waals surface area contributed by atoms with Gasteiger partial charge in [-0.25, -0.2) is 5.43 Å². The number of aromatic hydroxyl groups is 1. The Labute approximate surface area is 194 Å². The number of amides is 3. The third kappa shape index (κ3) is 6.31. The molecule has 0 saturated carbocycles. The summed E-state index contributed by atoms with van der Waals surface area (Å²) in [4.78, 5) is 37.0. The second-order valence-corrected chi connectivity index (χ2v) is 7.02. The number of carbonyl (C=O) groups is 3. The molecule has 10 heteroatoms. The van der Waals surface area contributed by atoms with E-state index in [9.17, 15) is 19.5 Å². The molecule has 9 nitrogen and oxygen atoms in total. The molecule has 0 bridgehead atoms. The summed E-state index contributed by atoms with van der Waals surface area (Å²) in [5.41, 5.74) is 3.14. The highest BCUT2D eigenvalue weighted by Gasteiger charge is 2.18. The molecule has 0 aromatic heterocycles. The molecule has 0 saturated heterocycles. The lowest BCUT2D eigenvalue weighted by Gasteiger charge is -2.11. The van der Waals surface area contributed by atoms with Gasteiger partial charge in [-0.05, 0) is 54.6 Å². The van der Waals surface area contributed by atoms with E-state index in [4.69, 9.17) is 16.3 Å². The maximum atomic E-state index is 12.6. The Morgan fingerprint density at radius 1 is 0.970 bits per heavy atom. The number of para-hydroxylation sites is 1. The number of nitrogens with zero attached hydrogens (tertiary/aromatic N) is 1. The van der Waals surface area contributed by atoms with Gasteiger partial charge in [0.05, 0.1) is 24.6 Å². The summed E-state index contributed by atoms with van der Waals surface area (Å²) >= 11 is 5.84. The van der Waals surface area contributed by atoms with E-state index < -0.39 is 17.7 Å². The molecule has 0 unspecified atom stereocenters. The molecule has 3 rings (SSSR count). The first kappa shape index (κ1) is 23.3. The van der Waals surface area contributed by atoms with Crippen molar-refractivity contribution in [3.8, 4) is 11.5 Å². The third-order valence-corrected chi connectivity index (χ3v) is 4.58. The largest absolute Gasteiger partial charge is 0.507 e. The van der Waals surface area contributed by atoms with Gasteiger partial charge < -0.3 is 20.5 Å². The number of hydrogen-bond donors (Lipinski definition) is 4. The Morgan fingerprint density at radius 2 is 1.70 bits per heavy atom. The van der Waals surface area contributed by atoms with Crippen molar-refractivity contribution >= 4 is 46.9 Å². The van der Waals surface area contributed by atoms with Gasteiger partial charge >= 0.3 is 11.8 Å². The van der Waals surface area contributed by atoms with Gasteiger partial charge in [-0.2, -0.15) is 5.10 Å². The van der Waals surface area contributed by atoms with Crippen molar-refractivity contribution in [1.29, 1.82) is 0 Å². The number of benzene rings is 3. The van der Waals surface area contributed by atoms with E-state index in [0.29, 0.717) is 16.5 Å². The van der Waals surface area contributed by atoms with Gasteiger partial charge in [-0.1, -0.05) is 23.7 Å². The van der Waals surface area contributed by atoms with Crippen LogP contribution in [0.5, 0.6) is 11.5 Å². The second kappa shape index (κ2) is 10.8. The highest BCUT2D eigenvalue weighted by Crippen LogP contribution is 2.21. The normalized spacial score (nSPS) is 10.5. The van der Waals surface area contributed by atoms with Crippen LogP contribution in [0, 0.1) is 0 Å². The van der Waals surface area contributed by atoms with Crippen LogP contribution in [0.1, 0.15) is 15.9 Å². The number of rotatable bonds is 6. The second-order valence-electron chi connectivity index (χ2n) is 6.58. The summed E-state index contributed by atoms with van der Waals surface area (Å²) in [7, 11) is 1.47. The van der Waals surface area contributed by atoms with Crippen molar-refractivity contribution in [2.45, 2.75) is 0 Å². The van der Waals surface area contributed by atoms with Crippen LogP contribution in [0.3, 0.4) is 0 Å². The molecule has 33 heavy (non-hydrogen) atoms. The maximum absolute atomic E-state index is 12.6. The Morgan fingerprint density at radius 3 is 2.42 bits per heavy atom. The summed E-state index contributed by atoms with van der Waals surface area (Å²) in [5.74, 6) is -2.19. The Hall–Kier alpha value is -4.37. The summed E-state index contributed by atoms with van der Waals surface area (Å²) < 4.78 is 5.05. The SMILES string of the molecule is COc1ccc(O)c(/C=N/NC(=O)C(=O)Nc2ccccc2C(=O)Nc2ccc(Cl)cc2)c1. The molecular weight excluding hydrogens is 448 g/mol.